The molecule has 2 heterocycles. The van der Waals surface area contributed by atoms with Crippen LogP contribution < -0.4 is 25.1 Å². The fraction of sp³-hybridized carbons (Fsp3) is 0.292. The van der Waals surface area contributed by atoms with Gasteiger partial charge in [0.1, 0.15) is 11.9 Å². The summed E-state index contributed by atoms with van der Waals surface area (Å²) in [6, 6.07) is 16.1. The minimum Gasteiger partial charge on any atom is -0.494 e. The topological polar surface area (TPSA) is 91.7 Å². The molecular weight excluding hydrogens is 410 g/mol. The van der Waals surface area contributed by atoms with Crippen molar-refractivity contribution in [2.45, 2.75) is 32.6 Å². The van der Waals surface area contributed by atoms with Gasteiger partial charge >= 0.3 is 0 Å². The Hall–Kier alpha value is -3.81. The third-order valence-electron chi connectivity index (χ3n) is 5.09. The van der Waals surface area contributed by atoms with Gasteiger partial charge in [-0.2, -0.15) is 0 Å². The summed E-state index contributed by atoms with van der Waals surface area (Å²) in [6.07, 6.45) is 0.295. The highest BCUT2D eigenvalue weighted by Gasteiger charge is 2.33. The summed E-state index contributed by atoms with van der Waals surface area (Å²) in [5, 5.41) is 2.81. The van der Waals surface area contributed by atoms with Crippen LogP contribution in [0.1, 0.15) is 13.8 Å². The van der Waals surface area contributed by atoms with Crippen molar-refractivity contribution < 1.29 is 19.0 Å². The number of para-hydroxylation sites is 2. The van der Waals surface area contributed by atoms with Crippen molar-refractivity contribution in [1.82, 2.24) is 14.9 Å². The Bertz CT molecular complexity index is 1140. The minimum absolute atomic E-state index is 0.197. The van der Waals surface area contributed by atoms with Gasteiger partial charge in [0, 0.05) is 24.7 Å². The van der Waals surface area contributed by atoms with Gasteiger partial charge in [0.2, 0.25) is 6.10 Å². The first-order valence-corrected chi connectivity index (χ1v) is 10.5. The van der Waals surface area contributed by atoms with Gasteiger partial charge < -0.3 is 19.5 Å². The van der Waals surface area contributed by atoms with Gasteiger partial charge in [0.05, 0.1) is 18.6 Å². The molecule has 0 saturated carbocycles. The first-order chi connectivity index (χ1) is 15.5. The Morgan fingerprint density at radius 1 is 1.12 bits per heavy atom. The highest BCUT2D eigenvalue weighted by atomic mass is 16.6. The average Bonchev–Trinajstić information content (AvgIpc) is 2.80. The third kappa shape index (κ3) is 4.74. The van der Waals surface area contributed by atoms with Crippen LogP contribution in [0.15, 0.2) is 65.7 Å². The fourth-order valence-electron chi connectivity index (χ4n) is 3.45. The Labute approximate surface area is 185 Å². The van der Waals surface area contributed by atoms with E-state index in [4.69, 9.17) is 14.2 Å². The smallest absolute Gasteiger partial charge is 0.265 e. The number of benzene rings is 2. The maximum Gasteiger partial charge on any atom is 0.265 e. The number of nitrogens with one attached hydrogen (secondary N) is 1. The SMILES string of the molecule is CCOc1ccc(-c2cc(=O)n(CCNC(=O)C3Oc4ccccc4OC3C)cn2)cc1. The number of aromatic nitrogens is 2. The van der Waals surface area contributed by atoms with Crippen LogP contribution >= 0.6 is 0 Å². The molecule has 0 bridgehead atoms. The van der Waals surface area contributed by atoms with E-state index >= 15 is 0 Å². The number of carbonyl (C=O) groups is 1. The van der Waals surface area contributed by atoms with Crippen LogP contribution in [0.5, 0.6) is 17.2 Å². The van der Waals surface area contributed by atoms with E-state index in [2.05, 4.69) is 10.3 Å². The summed E-state index contributed by atoms with van der Waals surface area (Å²) in [7, 11) is 0. The van der Waals surface area contributed by atoms with Gasteiger partial charge in [-0.1, -0.05) is 12.1 Å². The Morgan fingerprint density at radius 2 is 1.84 bits per heavy atom. The lowest BCUT2D eigenvalue weighted by Gasteiger charge is -2.31. The molecule has 1 N–H and O–H groups in total. The summed E-state index contributed by atoms with van der Waals surface area (Å²) in [4.78, 5) is 29.4. The minimum atomic E-state index is -0.762. The van der Waals surface area contributed by atoms with Crippen molar-refractivity contribution in [3.05, 3.63) is 71.3 Å². The number of amides is 1. The molecule has 0 spiro atoms. The molecule has 4 rings (SSSR count). The van der Waals surface area contributed by atoms with Gasteiger partial charge in [-0.25, -0.2) is 4.98 Å². The average molecular weight is 435 g/mol. The summed E-state index contributed by atoms with van der Waals surface area (Å²) in [5.74, 6) is 1.63. The number of hydrogen-bond acceptors (Lipinski definition) is 6. The Balaban J connectivity index is 1.34. The van der Waals surface area contributed by atoms with Gasteiger partial charge in [0.15, 0.2) is 11.5 Å². The summed E-state index contributed by atoms with van der Waals surface area (Å²) in [6.45, 7) is 4.86. The van der Waals surface area contributed by atoms with E-state index in [0.717, 1.165) is 11.3 Å². The number of fused-ring (bicyclic) bond motifs is 1. The first-order valence-electron chi connectivity index (χ1n) is 10.5. The maximum absolute atomic E-state index is 12.6. The summed E-state index contributed by atoms with van der Waals surface area (Å²) >= 11 is 0. The Morgan fingerprint density at radius 3 is 2.53 bits per heavy atom. The van der Waals surface area contributed by atoms with Gasteiger partial charge in [0.25, 0.3) is 11.5 Å². The van der Waals surface area contributed by atoms with E-state index in [0.29, 0.717) is 30.3 Å². The third-order valence-corrected chi connectivity index (χ3v) is 5.09. The lowest BCUT2D eigenvalue weighted by molar-refractivity contribution is -0.133. The Kier molecular flexibility index (Phi) is 6.39. The van der Waals surface area contributed by atoms with Crippen molar-refractivity contribution in [3.8, 4) is 28.5 Å². The van der Waals surface area contributed by atoms with E-state index in [1.807, 2.05) is 43.3 Å². The molecule has 8 nitrogen and oxygen atoms in total. The predicted octanol–water partition coefficient (Wildman–Crippen LogP) is 2.65. The van der Waals surface area contributed by atoms with Crippen LogP contribution in [-0.4, -0.2) is 40.8 Å². The van der Waals surface area contributed by atoms with Gasteiger partial charge in [-0.05, 0) is 50.2 Å². The second-order valence-corrected chi connectivity index (χ2v) is 7.36. The zero-order valence-electron chi connectivity index (χ0n) is 18.0. The highest BCUT2D eigenvalue weighted by Crippen LogP contribution is 2.33. The van der Waals surface area contributed by atoms with Crippen LogP contribution in [0.2, 0.25) is 0 Å². The van der Waals surface area contributed by atoms with E-state index < -0.39 is 12.2 Å². The molecular formula is C24H25N3O5. The number of hydrogen-bond donors (Lipinski definition) is 1. The summed E-state index contributed by atoms with van der Waals surface area (Å²) < 4.78 is 18.4. The van der Waals surface area contributed by atoms with E-state index in [-0.39, 0.29) is 18.0 Å². The molecule has 1 amide bonds. The molecule has 0 saturated heterocycles. The van der Waals surface area contributed by atoms with Crippen molar-refractivity contribution in [2.75, 3.05) is 13.2 Å². The van der Waals surface area contributed by atoms with Gasteiger partial charge in [-0.3, -0.25) is 14.2 Å². The molecule has 1 aliphatic rings. The summed E-state index contributed by atoms with van der Waals surface area (Å²) in [5.41, 5.74) is 1.21. The van der Waals surface area contributed by atoms with Gasteiger partial charge in [-0.15, -0.1) is 0 Å². The lowest BCUT2D eigenvalue weighted by Crippen LogP contribution is -2.49. The molecule has 166 valence electrons. The van der Waals surface area contributed by atoms with E-state index in [1.54, 1.807) is 19.1 Å². The molecule has 1 aliphatic heterocycles. The number of nitrogens with zero attached hydrogens (tertiary/aromatic N) is 2. The lowest BCUT2D eigenvalue weighted by atomic mass is 10.1. The molecule has 0 radical (unpaired) electrons. The zero-order chi connectivity index (χ0) is 22.5. The normalized spacial score (nSPS) is 16.9. The number of rotatable bonds is 7. The molecule has 2 aromatic carbocycles. The van der Waals surface area contributed by atoms with Crippen LogP contribution in [0.4, 0.5) is 0 Å². The fourth-order valence-corrected chi connectivity index (χ4v) is 3.45. The van der Waals surface area contributed by atoms with Crippen LogP contribution in [-0.2, 0) is 11.3 Å². The molecule has 1 aromatic heterocycles. The van der Waals surface area contributed by atoms with Crippen molar-refractivity contribution in [1.29, 1.82) is 0 Å². The number of ether oxygens (including phenoxy) is 3. The second-order valence-electron chi connectivity index (χ2n) is 7.36. The molecule has 8 heteroatoms. The monoisotopic (exact) mass is 435 g/mol. The molecule has 32 heavy (non-hydrogen) atoms. The molecule has 0 aliphatic carbocycles. The maximum atomic E-state index is 12.6. The van der Waals surface area contributed by atoms with Crippen LogP contribution in [0, 0.1) is 0 Å². The standard InChI is InChI=1S/C24H25N3O5/c1-3-30-18-10-8-17(9-11-18)19-14-22(28)27(15-26-19)13-12-25-24(29)23-16(2)31-20-6-4-5-7-21(20)32-23/h4-11,14-16,23H,3,12-13H2,1-2H3,(H,25,29). The molecule has 3 aromatic rings. The quantitative estimate of drug-likeness (QED) is 0.614. The zero-order valence-corrected chi connectivity index (χ0v) is 18.0. The predicted molar refractivity (Wildman–Crippen MR) is 119 cm³/mol. The van der Waals surface area contributed by atoms with Crippen LogP contribution in [0.25, 0.3) is 11.3 Å². The molecule has 0 fully saturated rings. The van der Waals surface area contributed by atoms with Crippen molar-refractivity contribution >= 4 is 5.91 Å². The van der Waals surface area contributed by atoms with E-state index in [1.165, 1.54) is 17.0 Å². The van der Waals surface area contributed by atoms with Crippen molar-refractivity contribution in [3.63, 3.8) is 0 Å². The van der Waals surface area contributed by atoms with Crippen LogP contribution in [0.3, 0.4) is 0 Å². The number of carbonyl (C=O) groups excluding carboxylic acids is 1. The largest absolute Gasteiger partial charge is 0.494 e. The molecule has 2 atom stereocenters. The molecule has 2 unspecified atom stereocenters. The highest BCUT2D eigenvalue weighted by molar-refractivity contribution is 5.82. The van der Waals surface area contributed by atoms with E-state index in [9.17, 15) is 9.59 Å². The van der Waals surface area contributed by atoms with Crippen molar-refractivity contribution in [2.24, 2.45) is 0 Å². The second kappa shape index (κ2) is 9.55. The first kappa shape index (κ1) is 21.4.